The zero-order valence-electron chi connectivity index (χ0n) is 10.6. The first-order valence-corrected chi connectivity index (χ1v) is 6.74. The van der Waals surface area contributed by atoms with Gasteiger partial charge in [-0.2, -0.15) is 0 Å². The largest absolute Gasteiger partial charge is 0.497 e. The van der Waals surface area contributed by atoms with Crippen LogP contribution in [0.3, 0.4) is 0 Å². The first-order chi connectivity index (χ1) is 9.19. The molecule has 0 aliphatic heterocycles. The van der Waals surface area contributed by atoms with Crippen LogP contribution >= 0.6 is 11.8 Å². The van der Waals surface area contributed by atoms with E-state index in [1.165, 1.54) is 0 Å². The van der Waals surface area contributed by atoms with Gasteiger partial charge in [-0.05, 0) is 35.9 Å². The number of benzene rings is 1. The van der Waals surface area contributed by atoms with Gasteiger partial charge in [0.15, 0.2) is 0 Å². The van der Waals surface area contributed by atoms with E-state index >= 15 is 0 Å². The fourth-order valence-corrected chi connectivity index (χ4v) is 2.46. The van der Waals surface area contributed by atoms with Gasteiger partial charge in [-0.25, -0.2) is 0 Å². The van der Waals surface area contributed by atoms with E-state index in [0.29, 0.717) is 5.69 Å². The number of aromatic nitrogens is 1. The molecule has 0 aliphatic rings. The van der Waals surface area contributed by atoms with E-state index in [9.17, 15) is 0 Å². The van der Waals surface area contributed by atoms with E-state index in [-0.39, 0.29) is 5.84 Å². The summed E-state index contributed by atoms with van der Waals surface area (Å²) in [4.78, 5) is 5.18. The molecule has 4 nitrogen and oxygen atoms in total. The van der Waals surface area contributed by atoms with Crippen molar-refractivity contribution in [2.24, 2.45) is 5.73 Å². The van der Waals surface area contributed by atoms with E-state index in [2.05, 4.69) is 4.98 Å². The second kappa shape index (κ2) is 6.24. The summed E-state index contributed by atoms with van der Waals surface area (Å²) in [5, 5.41) is 7.37. The topological polar surface area (TPSA) is 72.0 Å². The van der Waals surface area contributed by atoms with E-state index in [1.807, 2.05) is 36.4 Å². The van der Waals surface area contributed by atoms with Crippen molar-refractivity contribution < 1.29 is 4.74 Å². The van der Waals surface area contributed by atoms with Gasteiger partial charge in [0.2, 0.25) is 0 Å². The standard InChI is InChI=1S/C14H15N3OS/c1-18-11-3-2-4-12(8-11)19-9-10-5-6-17-13(7-10)14(15)16/h2-8H,9H2,1H3,(H3,15,16). The second-order valence-corrected chi connectivity index (χ2v) is 4.98. The summed E-state index contributed by atoms with van der Waals surface area (Å²) in [6, 6.07) is 11.7. The molecule has 98 valence electrons. The Balaban J connectivity index is 2.05. The van der Waals surface area contributed by atoms with Crippen molar-refractivity contribution in [3.05, 3.63) is 53.9 Å². The van der Waals surface area contributed by atoms with E-state index < -0.39 is 0 Å². The lowest BCUT2D eigenvalue weighted by atomic mass is 10.2. The van der Waals surface area contributed by atoms with E-state index in [0.717, 1.165) is 22.0 Å². The third-order valence-corrected chi connectivity index (χ3v) is 3.61. The van der Waals surface area contributed by atoms with Crippen molar-refractivity contribution >= 4 is 17.6 Å². The molecule has 0 aliphatic carbocycles. The van der Waals surface area contributed by atoms with Crippen LogP contribution in [0.15, 0.2) is 47.5 Å². The minimum absolute atomic E-state index is 0.00627. The predicted octanol–water partition coefficient (Wildman–Crippen LogP) is 2.67. The highest BCUT2D eigenvalue weighted by molar-refractivity contribution is 7.98. The minimum atomic E-state index is -0.00627. The zero-order chi connectivity index (χ0) is 13.7. The predicted molar refractivity (Wildman–Crippen MR) is 77.8 cm³/mol. The summed E-state index contributed by atoms with van der Waals surface area (Å²) in [5.74, 6) is 1.65. The minimum Gasteiger partial charge on any atom is -0.497 e. The molecule has 0 fully saturated rings. The van der Waals surface area contributed by atoms with Crippen molar-refractivity contribution in [2.75, 3.05) is 7.11 Å². The fraction of sp³-hybridized carbons (Fsp3) is 0.143. The van der Waals surface area contributed by atoms with Gasteiger partial charge in [-0.3, -0.25) is 10.4 Å². The summed E-state index contributed by atoms with van der Waals surface area (Å²) >= 11 is 1.70. The van der Waals surface area contributed by atoms with Crippen molar-refractivity contribution in [3.63, 3.8) is 0 Å². The van der Waals surface area contributed by atoms with Crippen LogP contribution in [-0.2, 0) is 5.75 Å². The average molecular weight is 273 g/mol. The lowest BCUT2D eigenvalue weighted by Gasteiger charge is -2.05. The molecule has 19 heavy (non-hydrogen) atoms. The van der Waals surface area contributed by atoms with Crippen LogP contribution in [0.4, 0.5) is 0 Å². The number of methoxy groups -OCH3 is 1. The second-order valence-electron chi connectivity index (χ2n) is 3.93. The average Bonchev–Trinajstić information content (AvgIpc) is 2.45. The Morgan fingerprint density at radius 3 is 2.95 bits per heavy atom. The number of rotatable bonds is 5. The molecule has 2 aromatic rings. The number of amidine groups is 1. The van der Waals surface area contributed by atoms with Crippen LogP contribution in [0.25, 0.3) is 0 Å². The molecule has 0 saturated carbocycles. The van der Waals surface area contributed by atoms with Gasteiger partial charge in [-0.1, -0.05) is 6.07 Å². The highest BCUT2D eigenvalue weighted by Gasteiger charge is 2.02. The van der Waals surface area contributed by atoms with Crippen LogP contribution in [-0.4, -0.2) is 17.9 Å². The first-order valence-electron chi connectivity index (χ1n) is 5.75. The number of nitrogen functional groups attached to an aromatic ring is 1. The number of ether oxygens (including phenoxy) is 1. The molecule has 0 radical (unpaired) electrons. The molecule has 2 rings (SSSR count). The summed E-state index contributed by atoms with van der Waals surface area (Å²) in [7, 11) is 1.66. The van der Waals surface area contributed by atoms with Crippen molar-refractivity contribution in [1.29, 1.82) is 5.41 Å². The van der Waals surface area contributed by atoms with Crippen molar-refractivity contribution in [3.8, 4) is 5.75 Å². The number of nitrogens with two attached hydrogens (primary N) is 1. The van der Waals surface area contributed by atoms with E-state index in [1.54, 1.807) is 25.1 Å². The number of nitrogens with one attached hydrogen (secondary N) is 1. The van der Waals surface area contributed by atoms with Crippen molar-refractivity contribution in [1.82, 2.24) is 4.98 Å². The van der Waals surface area contributed by atoms with Crippen LogP contribution < -0.4 is 10.5 Å². The van der Waals surface area contributed by atoms with Gasteiger partial charge in [0.1, 0.15) is 17.3 Å². The molecule has 1 aromatic carbocycles. The maximum Gasteiger partial charge on any atom is 0.141 e. The lowest BCUT2D eigenvalue weighted by molar-refractivity contribution is 0.413. The molecule has 0 unspecified atom stereocenters. The normalized spacial score (nSPS) is 10.2. The van der Waals surface area contributed by atoms with Gasteiger partial charge in [0.25, 0.3) is 0 Å². The van der Waals surface area contributed by atoms with E-state index in [4.69, 9.17) is 15.9 Å². The molecule has 0 saturated heterocycles. The molecule has 0 atom stereocenters. The molecule has 3 N–H and O–H groups in total. The van der Waals surface area contributed by atoms with Crippen LogP contribution in [0.1, 0.15) is 11.3 Å². The maximum atomic E-state index is 7.37. The molecule has 0 spiro atoms. The highest BCUT2D eigenvalue weighted by Crippen LogP contribution is 2.26. The maximum absolute atomic E-state index is 7.37. The number of thioether (sulfide) groups is 1. The summed E-state index contributed by atoms with van der Waals surface area (Å²) in [6.45, 7) is 0. The summed E-state index contributed by atoms with van der Waals surface area (Å²) < 4.78 is 5.19. The number of hydrogen-bond acceptors (Lipinski definition) is 4. The quantitative estimate of drug-likeness (QED) is 0.499. The van der Waals surface area contributed by atoms with Crippen LogP contribution in [0.5, 0.6) is 5.75 Å². The van der Waals surface area contributed by atoms with Gasteiger partial charge in [-0.15, -0.1) is 11.8 Å². The molecular formula is C14H15N3OS. The molecule has 0 bridgehead atoms. The van der Waals surface area contributed by atoms with Crippen LogP contribution in [0, 0.1) is 5.41 Å². The molecule has 1 heterocycles. The molecule has 1 aromatic heterocycles. The Kier molecular flexibility index (Phi) is 4.41. The fourth-order valence-electron chi connectivity index (χ4n) is 1.57. The Labute approximate surface area is 116 Å². The number of hydrogen-bond donors (Lipinski definition) is 2. The number of pyridine rings is 1. The monoisotopic (exact) mass is 273 g/mol. The molecular weight excluding hydrogens is 258 g/mol. The SMILES string of the molecule is COc1cccc(SCc2ccnc(C(=N)N)c2)c1. The van der Waals surface area contributed by atoms with Crippen molar-refractivity contribution in [2.45, 2.75) is 10.6 Å². The summed E-state index contributed by atoms with van der Waals surface area (Å²) in [5.41, 5.74) is 7.03. The third-order valence-electron chi connectivity index (χ3n) is 2.55. The Morgan fingerprint density at radius 2 is 2.21 bits per heavy atom. The molecule has 0 amide bonds. The van der Waals surface area contributed by atoms with Gasteiger partial charge >= 0.3 is 0 Å². The van der Waals surface area contributed by atoms with Crippen LogP contribution in [0.2, 0.25) is 0 Å². The Morgan fingerprint density at radius 1 is 1.37 bits per heavy atom. The Hall–Kier alpha value is -2.01. The molecule has 5 heteroatoms. The zero-order valence-corrected chi connectivity index (χ0v) is 11.4. The van der Waals surface area contributed by atoms with Gasteiger partial charge in [0, 0.05) is 16.8 Å². The summed E-state index contributed by atoms with van der Waals surface area (Å²) in [6.07, 6.45) is 1.68. The third kappa shape index (κ3) is 3.72. The van der Waals surface area contributed by atoms with Gasteiger partial charge < -0.3 is 10.5 Å². The smallest absolute Gasteiger partial charge is 0.141 e. The Bertz CT molecular complexity index is 586. The van der Waals surface area contributed by atoms with Gasteiger partial charge in [0.05, 0.1) is 7.11 Å². The lowest BCUT2D eigenvalue weighted by Crippen LogP contribution is -2.13. The first kappa shape index (κ1) is 13.4. The number of nitrogens with zero attached hydrogens (tertiary/aromatic N) is 1. The highest BCUT2D eigenvalue weighted by atomic mass is 32.2.